The van der Waals surface area contributed by atoms with E-state index in [1.165, 1.54) is 21.9 Å². The molecule has 0 bridgehead atoms. The van der Waals surface area contributed by atoms with Gasteiger partial charge in [0.2, 0.25) is 10.0 Å². The third kappa shape index (κ3) is 5.23. The molecule has 0 spiro atoms. The highest BCUT2D eigenvalue weighted by Gasteiger charge is 2.31. The summed E-state index contributed by atoms with van der Waals surface area (Å²) in [5.41, 5.74) is 2.06. The molecule has 3 N–H and O–H groups in total. The van der Waals surface area contributed by atoms with E-state index in [0.717, 1.165) is 47.2 Å². The molecule has 3 aromatic rings. The van der Waals surface area contributed by atoms with E-state index >= 15 is 0 Å². The maximum Gasteiger partial charge on any atom is 0.280 e. The number of benzene rings is 1. The molecule has 0 saturated heterocycles. The Morgan fingerprint density at radius 1 is 1.14 bits per heavy atom. The van der Waals surface area contributed by atoms with Gasteiger partial charge in [-0.15, -0.1) is 11.3 Å². The van der Waals surface area contributed by atoms with Gasteiger partial charge in [0.05, 0.1) is 11.9 Å². The van der Waals surface area contributed by atoms with Crippen LogP contribution in [0, 0.1) is 0 Å². The SMILES string of the molecule is CS(=O)(=O)N1CCc2nc(C(=O)N[C@H]3CCCC[C@H]3NC(=O)c3cc4cc(Cl)ccc4[nH]3)sc2C1. The minimum atomic E-state index is -3.29. The number of H-pyrrole nitrogens is 1. The van der Waals surface area contributed by atoms with E-state index in [1.54, 1.807) is 18.2 Å². The predicted molar refractivity (Wildman–Crippen MR) is 135 cm³/mol. The van der Waals surface area contributed by atoms with Gasteiger partial charge in [0.15, 0.2) is 5.01 Å². The third-order valence-corrected chi connectivity index (χ3v) is 9.15. The summed E-state index contributed by atoms with van der Waals surface area (Å²) in [6, 6.07) is 6.76. The number of nitrogens with zero attached hydrogens (tertiary/aromatic N) is 2. The first-order valence-corrected chi connectivity index (χ1v) is 14.6. The molecule has 1 saturated carbocycles. The molecule has 2 aromatic heterocycles. The molecule has 1 aliphatic heterocycles. The lowest BCUT2D eigenvalue weighted by Crippen LogP contribution is -2.53. The topological polar surface area (TPSA) is 124 Å². The van der Waals surface area contributed by atoms with Gasteiger partial charge >= 0.3 is 0 Å². The third-order valence-electron chi connectivity index (χ3n) is 6.59. The molecule has 1 aliphatic carbocycles. The lowest BCUT2D eigenvalue weighted by atomic mass is 9.90. The summed E-state index contributed by atoms with van der Waals surface area (Å²) in [5, 5.41) is 7.93. The molecular formula is C23H26ClN5O4S2. The Balaban J connectivity index is 1.26. The van der Waals surface area contributed by atoms with Gasteiger partial charge in [-0.1, -0.05) is 24.4 Å². The number of aromatic amines is 1. The fourth-order valence-corrected chi connectivity index (χ4v) is 6.81. The quantitative estimate of drug-likeness (QED) is 0.463. The molecule has 1 fully saturated rings. The molecule has 5 rings (SSSR count). The van der Waals surface area contributed by atoms with Gasteiger partial charge in [0, 0.05) is 52.4 Å². The second kappa shape index (κ2) is 9.53. The van der Waals surface area contributed by atoms with Crippen LogP contribution < -0.4 is 10.6 Å². The lowest BCUT2D eigenvalue weighted by Gasteiger charge is -2.32. The molecule has 35 heavy (non-hydrogen) atoms. The van der Waals surface area contributed by atoms with Crippen molar-refractivity contribution >= 4 is 55.7 Å². The van der Waals surface area contributed by atoms with Crippen LogP contribution in [0.2, 0.25) is 5.02 Å². The van der Waals surface area contributed by atoms with Crippen LogP contribution in [0.3, 0.4) is 0 Å². The number of hydrogen-bond acceptors (Lipinski definition) is 6. The Labute approximate surface area is 212 Å². The smallest absolute Gasteiger partial charge is 0.280 e. The summed E-state index contributed by atoms with van der Waals surface area (Å²) < 4.78 is 25.2. The molecule has 0 radical (unpaired) electrons. The van der Waals surface area contributed by atoms with E-state index in [1.807, 2.05) is 6.07 Å². The number of hydrogen-bond donors (Lipinski definition) is 3. The van der Waals surface area contributed by atoms with Crippen molar-refractivity contribution in [2.24, 2.45) is 0 Å². The number of carbonyl (C=O) groups excluding carboxylic acids is 2. The van der Waals surface area contributed by atoms with Crippen molar-refractivity contribution in [3.8, 4) is 0 Å². The van der Waals surface area contributed by atoms with Crippen molar-refractivity contribution in [1.82, 2.24) is 24.9 Å². The molecule has 12 heteroatoms. The van der Waals surface area contributed by atoms with Crippen LogP contribution in [-0.4, -0.2) is 59.4 Å². The normalized spacial score (nSPS) is 21.0. The predicted octanol–water partition coefficient (Wildman–Crippen LogP) is 3.07. The lowest BCUT2D eigenvalue weighted by molar-refractivity contribution is 0.0860. The van der Waals surface area contributed by atoms with Crippen LogP contribution in [0.15, 0.2) is 24.3 Å². The van der Waals surface area contributed by atoms with E-state index < -0.39 is 10.0 Å². The first-order valence-electron chi connectivity index (χ1n) is 11.5. The van der Waals surface area contributed by atoms with Gasteiger partial charge in [0.1, 0.15) is 5.69 Å². The first-order chi connectivity index (χ1) is 16.7. The maximum atomic E-state index is 13.0. The number of rotatable bonds is 5. The summed E-state index contributed by atoms with van der Waals surface area (Å²) in [6.45, 7) is 0.615. The van der Waals surface area contributed by atoms with Gasteiger partial charge in [-0.2, -0.15) is 4.31 Å². The summed E-state index contributed by atoms with van der Waals surface area (Å²) in [7, 11) is -3.29. The summed E-state index contributed by atoms with van der Waals surface area (Å²) in [6.07, 6.45) is 5.12. The zero-order valence-electron chi connectivity index (χ0n) is 19.1. The van der Waals surface area contributed by atoms with Gasteiger partial charge < -0.3 is 15.6 Å². The Morgan fingerprint density at radius 2 is 1.86 bits per heavy atom. The maximum absolute atomic E-state index is 13.0. The number of thiazole rings is 1. The van der Waals surface area contributed by atoms with Crippen molar-refractivity contribution in [2.45, 2.75) is 50.7 Å². The second-order valence-electron chi connectivity index (χ2n) is 9.09. The Kier molecular flexibility index (Phi) is 6.60. The fourth-order valence-electron chi connectivity index (χ4n) is 4.73. The monoisotopic (exact) mass is 535 g/mol. The average Bonchev–Trinajstić information content (AvgIpc) is 3.43. The number of amides is 2. The largest absolute Gasteiger partial charge is 0.351 e. The molecule has 2 aliphatic rings. The molecule has 0 unspecified atom stereocenters. The Bertz CT molecular complexity index is 1400. The van der Waals surface area contributed by atoms with Crippen LogP contribution >= 0.6 is 22.9 Å². The number of aromatic nitrogens is 2. The van der Waals surface area contributed by atoms with Gasteiger partial charge in [-0.05, 0) is 37.1 Å². The van der Waals surface area contributed by atoms with Gasteiger partial charge in [-0.25, -0.2) is 13.4 Å². The van der Waals surface area contributed by atoms with E-state index in [-0.39, 0.29) is 30.4 Å². The molecule has 2 amide bonds. The van der Waals surface area contributed by atoms with Crippen molar-refractivity contribution in [1.29, 1.82) is 0 Å². The summed E-state index contributed by atoms with van der Waals surface area (Å²) in [4.78, 5) is 34.4. The standard InChI is InChI=1S/C23H26ClN5O4S2/c1-35(32,33)29-9-8-18-20(12-29)34-23(28-18)22(31)27-17-5-3-2-4-16(17)26-21(30)19-11-13-10-14(24)6-7-15(13)25-19/h6-7,10-11,16-17,25H,2-5,8-9,12H2,1H3,(H,26,30)(H,27,31)/t16-,17+/m1/s1. The first kappa shape index (κ1) is 24.2. The Morgan fingerprint density at radius 3 is 2.57 bits per heavy atom. The fraction of sp³-hybridized carbons (Fsp3) is 0.435. The number of halogens is 1. The average molecular weight is 536 g/mol. The highest BCUT2D eigenvalue weighted by Crippen LogP contribution is 2.27. The van der Waals surface area contributed by atoms with Crippen LogP contribution in [0.25, 0.3) is 10.9 Å². The van der Waals surface area contributed by atoms with Crippen molar-refractivity contribution in [2.75, 3.05) is 12.8 Å². The second-order valence-corrected chi connectivity index (χ2v) is 12.6. The zero-order chi connectivity index (χ0) is 24.7. The number of nitrogens with one attached hydrogen (secondary N) is 3. The molecule has 9 nitrogen and oxygen atoms in total. The van der Waals surface area contributed by atoms with Gasteiger partial charge in [-0.3, -0.25) is 9.59 Å². The molecule has 3 heterocycles. The van der Waals surface area contributed by atoms with E-state index in [9.17, 15) is 18.0 Å². The van der Waals surface area contributed by atoms with E-state index in [4.69, 9.17) is 11.6 Å². The highest BCUT2D eigenvalue weighted by molar-refractivity contribution is 7.88. The molecular weight excluding hydrogens is 510 g/mol. The van der Waals surface area contributed by atoms with Crippen LogP contribution in [0.5, 0.6) is 0 Å². The summed E-state index contributed by atoms with van der Waals surface area (Å²) in [5.74, 6) is -0.518. The van der Waals surface area contributed by atoms with Crippen molar-refractivity contribution in [3.05, 3.63) is 50.6 Å². The summed E-state index contributed by atoms with van der Waals surface area (Å²) >= 11 is 7.29. The van der Waals surface area contributed by atoms with E-state index in [0.29, 0.717) is 28.7 Å². The minimum absolute atomic E-state index is 0.203. The van der Waals surface area contributed by atoms with Crippen LogP contribution in [0.1, 0.15) is 56.5 Å². The number of sulfonamides is 1. The van der Waals surface area contributed by atoms with Crippen LogP contribution in [0.4, 0.5) is 0 Å². The Hall–Kier alpha value is -2.47. The minimum Gasteiger partial charge on any atom is -0.351 e. The molecule has 2 atom stereocenters. The van der Waals surface area contributed by atoms with E-state index in [2.05, 4.69) is 20.6 Å². The van der Waals surface area contributed by atoms with Gasteiger partial charge in [0.25, 0.3) is 11.8 Å². The number of fused-ring (bicyclic) bond motifs is 2. The van der Waals surface area contributed by atoms with Crippen molar-refractivity contribution in [3.63, 3.8) is 0 Å². The molecule has 1 aromatic carbocycles. The zero-order valence-corrected chi connectivity index (χ0v) is 21.5. The number of carbonyl (C=O) groups is 2. The van der Waals surface area contributed by atoms with Crippen LogP contribution in [-0.2, 0) is 23.0 Å². The molecule has 186 valence electrons. The van der Waals surface area contributed by atoms with Crippen molar-refractivity contribution < 1.29 is 18.0 Å². The highest BCUT2D eigenvalue weighted by atomic mass is 35.5.